The Labute approximate surface area is 225 Å². The van der Waals surface area contributed by atoms with Crippen molar-refractivity contribution in [2.24, 2.45) is 27.7 Å². The molecule has 186 valence electrons. The van der Waals surface area contributed by atoms with Crippen molar-refractivity contribution < 1.29 is 27.2 Å². The molecule has 0 amide bonds. The van der Waals surface area contributed by atoms with E-state index in [2.05, 4.69) is 13.8 Å². The van der Waals surface area contributed by atoms with E-state index >= 15 is 0 Å². The Bertz CT molecular complexity index is 1140. The van der Waals surface area contributed by atoms with Crippen molar-refractivity contribution in [3.05, 3.63) is 57.6 Å². The Morgan fingerprint density at radius 3 is 1.83 bits per heavy atom. The number of nitrogens with zero attached hydrogens (tertiary/aromatic N) is 2. The van der Waals surface area contributed by atoms with Gasteiger partial charge in [-0.15, -0.1) is 0 Å². The normalized spacial score (nSPS) is 29.0. The maximum absolute atomic E-state index is 10.6. The first-order chi connectivity index (χ1) is 16.7. The van der Waals surface area contributed by atoms with Gasteiger partial charge in [0, 0.05) is 23.6 Å². The number of aryl methyl sites for hydroxylation is 4. The van der Waals surface area contributed by atoms with Gasteiger partial charge >= 0.3 is 35.6 Å². The quantitative estimate of drug-likeness (QED) is 0.313. The maximum atomic E-state index is 10.6. The molecule has 0 spiro atoms. The van der Waals surface area contributed by atoms with Gasteiger partial charge < -0.3 is 10.2 Å². The fourth-order valence-corrected chi connectivity index (χ4v) is 6.95. The van der Waals surface area contributed by atoms with Crippen LogP contribution in [0.5, 0.6) is 11.5 Å². The molecule has 4 nitrogen and oxygen atoms in total. The van der Waals surface area contributed by atoms with Gasteiger partial charge in [-0.05, 0) is 112 Å². The molecule has 2 aromatic carbocycles. The zero-order valence-electron chi connectivity index (χ0n) is 20.9. The Balaban J connectivity index is 0.000000917. The number of halogens is 2. The third-order valence-corrected chi connectivity index (χ3v) is 8.00. The summed E-state index contributed by atoms with van der Waals surface area (Å²) in [4.78, 5) is 10.3. The van der Waals surface area contributed by atoms with Crippen LogP contribution < -0.4 is 0 Å². The SMILES string of the molecule is Cc1cc(C)c(O)c(C=NC2C3CC4CC(C3)CC2(N=Cc2cc(C)cc(C)c2O)C4)c1.[Cl][Ti][Cl]. The summed E-state index contributed by atoms with van der Waals surface area (Å²) in [5, 5.41) is 21.1. The molecule has 2 aromatic rings. The van der Waals surface area contributed by atoms with Crippen LogP contribution in [0.2, 0.25) is 0 Å². The van der Waals surface area contributed by atoms with E-state index in [0.29, 0.717) is 17.4 Å². The Hall–Kier alpha value is -1.33. The van der Waals surface area contributed by atoms with Crippen LogP contribution in [0.25, 0.3) is 0 Å². The molecule has 3 atom stereocenters. The van der Waals surface area contributed by atoms with Gasteiger partial charge in [-0.2, -0.15) is 0 Å². The average Bonchev–Trinajstić information content (AvgIpc) is 2.78. The standard InChI is InChI=1S/C28H34N2O2.2ClH.Ti/c1-16-5-18(3)25(31)23(7-16)14-29-27-22-10-20-9-21(11-22)13-28(27,12-20)30-15-24-8-17(2)6-19(4)26(24)32;;;/h5-8,14-15,20-22,27,31-32H,9-13H2,1-4H3;2*1H;/q;;;+2/p-2. The minimum atomic E-state index is -0.556. The zero-order valence-corrected chi connectivity index (χ0v) is 23.9. The van der Waals surface area contributed by atoms with E-state index in [0.717, 1.165) is 58.1 Å². The Morgan fingerprint density at radius 2 is 1.31 bits per heavy atom. The van der Waals surface area contributed by atoms with Crippen LogP contribution in [0.4, 0.5) is 0 Å². The molecule has 0 heterocycles. The second kappa shape index (κ2) is 11.0. The molecule has 4 aliphatic carbocycles. The number of phenols is 2. The summed E-state index contributed by atoms with van der Waals surface area (Å²) < 4.78 is 0. The van der Waals surface area contributed by atoms with E-state index in [1.807, 2.05) is 50.5 Å². The molecule has 35 heavy (non-hydrogen) atoms. The predicted molar refractivity (Wildman–Crippen MR) is 142 cm³/mol. The third-order valence-electron chi connectivity index (χ3n) is 8.00. The van der Waals surface area contributed by atoms with Crippen LogP contribution in [-0.4, -0.2) is 34.2 Å². The Morgan fingerprint density at radius 1 is 0.829 bits per heavy atom. The van der Waals surface area contributed by atoms with Crippen LogP contribution in [-0.2, 0) is 17.0 Å². The summed E-state index contributed by atoms with van der Waals surface area (Å²) in [7, 11) is 9.78. The Kier molecular flexibility index (Phi) is 8.37. The van der Waals surface area contributed by atoms with Crippen LogP contribution in [0.1, 0.15) is 65.5 Å². The van der Waals surface area contributed by atoms with Gasteiger partial charge in [0.2, 0.25) is 0 Å². The molecule has 2 N–H and O–H groups in total. The summed E-state index contributed by atoms with van der Waals surface area (Å²) in [5.74, 6) is 2.66. The fraction of sp³-hybridized carbons (Fsp3) is 0.500. The van der Waals surface area contributed by atoms with Gasteiger partial charge in [-0.25, -0.2) is 0 Å². The topological polar surface area (TPSA) is 65.2 Å². The van der Waals surface area contributed by atoms with Crippen molar-refractivity contribution in [1.82, 2.24) is 0 Å². The molecule has 0 aromatic heterocycles. The first kappa shape index (κ1) is 26.7. The predicted octanol–water partition coefficient (Wildman–Crippen LogP) is 7.19. The summed E-state index contributed by atoms with van der Waals surface area (Å²) in [6, 6.07) is 8.14. The number of aromatic hydroxyl groups is 2. The molecule has 0 aliphatic heterocycles. The van der Waals surface area contributed by atoms with Gasteiger partial charge in [0.25, 0.3) is 0 Å². The molecule has 7 heteroatoms. The van der Waals surface area contributed by atoms with Crippen molar-refractivity contribution in [1.29, 1.82) is 0 Å². The molecule has 0 saturated heterocycles. The van der Waals surface area contributed by atoms with E-state index in [1.54, 1.807) is 0 Å². The van der Waals surface area contributed by atoms with E-state index in [4.69, 9.17) is 28.6 Å². The van der Waals surface area contributed by atoms with E-state index in [-0.39, 0.29) is 11.6 Å². The van der Waals surface area contributed by atoms with Gasteiger partial charge in [-0.1, -0.05) is 12.1 Å². The number of aliphatic imine (C=N–C) groups is 2. The summed E-state index contributed by atoms with van der Waals surface area (Å²) in [6.07, 6.45) is 9.74. The molecule has 4 aliphatic rings. The van der Waals surface area contributed by atoms with Crippen molar-refractivity contribution >= 4 is 31.0 Å². The molecule has 3 unspecified atom stereocenters. The van der Waals surface area contributed by atoms with Crippen LogP contribution in [0, 0.1) is 45.4 Å². The van der Waals surface area contributed by atoms with E-state index in [9.17, 15) is 10.2 Å². The van der Waals surface area contributed by atoms with Gasteiger partial charge in [-0.3, -0.25) is 9.98 Å². The number of hydrogen-bond donors (Lipinski definition) is 2. The number of benzene rings is 2. The van der Waals surface area contributed by atoms with Crippen LogP contribution in [0.3, 0.4) is 0 Å². The van der Waals surface area contributed by atoms with Gasteiger partial charge in [0.1, 0.15) is 11.5 Å². The number of phenolic OH excluding ortho intramolecular Hbond substituents is 2. The van der Waals surface area contributed by atoms with Gasteiger partial charge in [0.05, 0.1) is 11.6 Å². The monoisotopic (exact) mass is 548 g/mol. The van der Waals surface area contributed by atoms with Gasteiger partial charge in [0.15, 0.2) is 0 Å². The molecule has 0 radical (unpaired) electrons. The third kappa shape index (κ3) is 5.66. The molecule has 4 saturated carbocycles. The fourth-order valence-electron chi connectivity index (χ4n) is 6.95. The zero-order chi connectivity index (χ0) is 25.3. The summed E-state index contributed by atoms with van der Waals surface area (Å²) in [6.45, 7) is 7.98. The minimum absolute atomic E-state index is 0.125. The van der Waals surface area contributed by atoms with Crippen LogP contribution in [0.15, 0.2) is 34.3 Å². The summed E-state index contributed by atoms with van der Waals surface area (Å²) >= 11 is -0.556. The molecular weight excluding hydrogens is 515 g/mol. The van der Waals surface area contributed by atoms with Crippen molar-refractivity contribution in [3.63, 3.8) is 0 Å². The molecule has 4 fully saturated rings. The number of rotatable bonds is 4. The van der Waals surface area contributed by atoms with Crippen molar-refractivity contribution in [3.8, 4) is 11.5 Å². The summed E-state index contributed by atoms with van der Waals surface area (Å²) in [5.41, 5.74) is 5.42. The second-order valence-electron chi connectivity index (χ2n) is 10.8. The molecule has 6 rings (SSSR count). The van der Waals surface area contributed by atoms with E-state index < -0.39 is 17.0 Å². The first-order valence-corrected chi connectivity index (χ1v) is 16.6. The average molecular weight is 549 g/mol. The second-order valence-corrected chi connectivity index (χ2v) is 13.4. The first-order valence-electron chi connectivity index (χ1n) is 12.3. The molecule has 4 bridgehead atoms. The van der Waals surface area contributed by atoms with Crippen molar-refractivity contribution in [2.75, 3.05) is 0 Å². The van der Waals surface area contributed by atoms with Crippen molar-refractivity contribution in [2.45, 2.75) is 71.4 Å². The molecular formula is C28H34Cl2N2O2Ti. The number of hydrogen-bond acceptors (Lipinski definition) is 4. The van der Waals surface area contributed by atoms with E-state index in [1.165, 1.54) is 19.3 Å². The van der Waals surface area contributed by atoms with Crippen LogP contribution >= 0.6 is 18.6 Å².